The lowest BCUT2D eigenvalue weighted by molar-refractivity contribution is 0.415. The van der Waals surface area contributed by atoms with Gasteiger partial charge in [0.05, 0.1) is 12.1 Å². The van der Waals surface area contributed by atoms with Crippen molar-refractivity contribution in [1.82, 2.24) is 9.97 Å². The van der Waals surface area contributed by atoms with Crippen LogP contribution in [0.25, 0.3) is 0 Å². The van der Waals surface area contributed by atoms with Crippen molar-refractivity contribution in [3.63, 3.8) is 0 Å². The van der Waals surface area contributed by atoms with Crippen LogP contribution in [0, 0.1) is 0 Å². The van der Waals surface area contributed by atoms with Gasteiger partial charge in [0.15, 0.2) is 0 Å². The van der Waals surface area contributed by atoms with Gasteiger partial charge < -0.3 is 4.74 Å². The average molecular weight is 309 g/mol. The first kappa shape index (κ1) is 15.1. The Bertz CT molecular complexity index is 590. The molecule has 5 heteroatoms. The number of thioether (sulfide) groups is 1. The second-order valence-electron chi connectivity index (χ2n) is 4.67. The zero-order chi connectivity index (χ0) is 14.5. The number of nitrogens with zero attached hydrogens (tertiary/aromatic N) is 2. The van der Waals surface area contributed by atoms with Crippen LogP contribution >= 0.6 is 23.4 Å². The summed E-state index contributed by atoms with van der Waals surface area (Å²) in [7, 11) is 1.62. The summed E-state index contributed by atoms with van der Waals surface area (Å²) in [5, 5.41) is 1.62. The summed E-state index contributed by atoms with van der Waals surface area (Å²) in [5.41, 5.74) is 1.14. The summed E-state index contributed by atoms with van der Waals surface area (Å²) in [5.74, 6) is 2.73. The summed E-state index contributed by atoms with van der Waals surface area (Å²) in [4.78, 5) is 8.81. The Kier molecular flexibility index (Phi) is 5.26. The van der Waals surface area contributed by atoms with E-state index in [0.717, 1.165) is 22.2 Å². The molecule has 0 saturated heterocycles. The molecule has 0 fully saturated rings. The molecule has 0 aliphatic heterocycles. The Labute approximate surface area is 128 Å². The first-order valence-corrected chi connectivity index (χ1v) is 7.74. The van der Waals surface area contributed by atoms with Crippen LogP contribution in [-0.2, 0) is 5.75 Å². The standard InChI is InChI=1S/C15H17ClN2OS/c1-10(2)15-17-7-6-14(18-15)20-9-11-4-5-13(19-3)12(16)8-11/h4-8,10H,9H2,1-3H3. The van der Waals surface area contributed by atoms with Gasteiger partial charge in [-0.3, -0.25) is 0 Å². The first-order chi connectivity index (χ1) is 9.60. The van der Waals surface area contributed by atoms with Gasteiger partial charge in [-0.25, -0.2) is 9.97 Å². The number of rotatable bonds is 5. The van der Waals surface area contributed by atoms with E-state index in [2.05, 4.69) is 23.8 Å². The lowest BCUT2D eigenvalue weighted by Gasteiger charge is -2.07. The van der Waals surface area contributed by atoms with E-state index < -0.39 is 0 Å². The van der Waals surface area contributed by atoms with E-state index in [1.54, 1.807) is 18.9 Å². The van der Waals surface area contributed by atoms with Crippen LogP contribution in [0.3, 0.4) is 0 Å². The smallest absolute Gasteiger partial charge is 0.137 e. The molecule has 0 N–H and O–H groups in total. The molecule has 106 valence electrons. The van der Waals surface area contributed by atoms with Crippen molar-refractivity contribution in [3.8, 4) is 5.75 Å². The largest absolute Gasteiger partial charge is 0.495 e. The van der Waals surface area contributed by atoms with E-state index >= 15 is 0 Å². The van der Waals surface area contributed by atoms with Crippen molar-refractivity contribution in [2.75, 3.05) is 7.11 Å². The molecule has 0 unspecified atom stereocenters. The fourth-order valence-corrected chi connectivity index (χ4v) is 2.76. The molecule has 0 atom stereocenters. The molecular weight excluding hydrogens is 292 g/mol. The van der Waals surface area contributed by atoms with Crippen LogP contribution in [0.15, 0.2) is 35.5 Å². The molecule has 1 heterocycles. The van der Waals surface area contributed by atoms with Gasteiger partial charge in [0.25, 0.3) is 0 Å². The van der Waals surface area contributed by atoms with Gasteiger partial charge in [-0.1, -0.05) is 31.5 Å². The van der Waals surface area contributed by atoms with Crippen LogP contribution in [0.4, 0.5) is 0 Å². The van der Waals surface area contributed by atoms with Crippen LogP contribution < -0.4 is 4.74 Å². The van der Waals surface area contributed by atoms with Gasteiger partial charge in [-0.05, 0) is 23.8 Å². The molecule has 2 aromatic rings. The molecular formula is C15H17ClN2OS. The van der Waals surface area contributed by atoms with E-state index in [9.17, 15) is 0 Å². The number of hydrogen-bond donors (Lipinski definition) is 0. The Balaban J connectivity index is 2.05. The number of methoxy groups -OCH3 is 1. The number of ether oxygens (including phenoxy) is 1. The van der Waals surface area contributed by atoms with Crippen molar-refractivity contribution in [2.24, 2.45) is 0 Å². The monoisotopic (exact) mass is 308 g/mol. The number of benzene rings is 1. The summed E-state index contributed by atoms with van der Waals surface area (Å²) < 4.78 is 5.15. The highest BCUT2D eigenvalue weighted by Gasteiger charge is 2.06. The first-order valence-electron chi connectivity index (χ1n) is 6.38. The number of hydrogen-bond acceptors (Lipinski definition) is 4. The Morgan fingerprint density at radius 3 is 2.75 bits per heavy atom. The van der Waals surface area contributed by atoms with Crippen molar-refractivity contribution in [1.29, 1.82) is 0 Å². The van der Waals surface area contributed by atoms with E-state index in [0.29, 0.717) is 16.7 Å². The van der Waals surface area contributed by atoms with Crippen molar-refractivity contribution < 1.29 is 4.74 Å². The molecule has 3 nitrogen and oxygen atoms in total. The highest BCUT2D eigenvalue weighted by atomic mass is 35.5. The second-order valence-corrected chi connectivity index (χ2v) is 6.07. The van der Waals surface area contributed by atoms with Crippen molar-refractivity contribution in [2.45, 2.75) is 30.5 Å². The lowest BCUT2D eigenvalue weighted by Crippen LogP contribution is -1.97. The second kappa shape index (κ2) is 6.95. The SMILES string of the molecule is COc1ccc(CSc2ccnc(C(C)C)n2)cc1Cl. The molecule has 0 amide bonds. The van der Waals surface area contributed by atoms with Crippen LogP contribution in [0.2, 0.25) is 5.02 Å². The molecule has 20 heavy (non-hydrogen) atoms. The molecule has 0 aliphatic carbocycles. The van der Waals surface area contributed by atoms with E-state index in [4.69, 9.17) is 16.3 Å². The summed E-state index contributed by atoms with van der Waals surface area (Å²) in [6, 6.07) is 7.76. The quantitative estimate of drug-likeness (QED) is 0.599. The van der Waals surface area contributed by atoms with E-state index in [1.165, 1.54) is 0 Å². The zero-order valence-electron chi connectivity index (χ0n) is 11.8. The lowest BCUT2D eigenvalue weighted by atomic mass is 10.2. The van der Waals surface area contributed by atoms with Gasteiger partial charge in [0.1, 0.15) is 16.6 Å². The molecule has 0 saturated carbocycles. The molecule has 2 rings (SSSR count). The van der Waals surface area contributed by atoms with Gasteiger partial charge >= 0.3 is 0 Å². The van der Waals surface area contributed by atoms with Crippen LogP contribution in [0.5, 0.6) is 5.75 Å². The maximum Gasteiger partial charge on any atom is 0.137 e. The predicted molar refractivity (Wildman–Crippen MR) is 83.7 cm³/mol. The van der Waals surface area contributed by atoms with Crippen molar-refractivity contribution >= 4 is 23.4 Å². The van der Waals surface area contributed by atoms with Crippen molar-refractivity contribution in [3.05, 3.63) is 46.9 Å². The summed E-state index contributed by atoms with van der Waals surface area (Å²) in [6.45, 7) is 4.18. The molecule has 0 aliphatic rings. The molecule has 0 radical (unpaired) electrons. The Morgan fingerprint density at radius 1 is 1.30 bits per heavy atom. The normalized spacial score (nSPS) is 10.8. The number of aromatic nitrogens is 2. The summed E-state index contributed by atoms with van der Waals surface area (Å²) in [6.07, 6.45) is 1.81. The molecule has 1 aromatic carbocycles. The van der Waals surface area contributed by atoms with Gasteiger partial charge in [-0.15, -0.1) is 11.8 Å². The minimum atomic E-state index is 0.339. The zero-order valence-corrected chi connectivity index (χ0v) is 13.3. The Hall–Kier alpha value is -1.26. The van der Waals surface area contributed by atoms with Gasteiger partial charge in [0, 0.05) is 17.9 Å². The minimum absolute atomic E-state index is 0.339. The highest BCUT2D eigenvalue weighted by Crippen LogP contribution is 2.28. The highest BCUT2D eigenvalue weighted by molar-refractivity contribution is 7.98. The van der Waals surface area contributed by atoms with Crippen LogP contribution in [-0.4, -0.2) is 17.1 Å². The molecule has 1 aromatic heterocycles. The van der Waals surface area contributed by atoms with Crippen LogP contribution in [0.1, 0.15) is 31.2 Å². The van der Waals surface area contributed by atoms with E-state index in [-0.39, 0.29) is 0 Å². The molecule has 0 bridgehead atoms. The molecule has 0 spiro atoms. The fourth-order valence-electron chi connectivity index (χ4n) is 1.67. The third kappa shape index (κ3) is 3.87. The summed E-state index contributed by atoms with van der Waals surface area (Å²) >= 11 is 7.79. The third-order valence-electron chi connectivity index (χ3n) is 2.77. The maximum absolute atomic E-state index is 6.12. The topological polar surface area (TPSA) is 35.0 Å². The average Bonchev–Trinajstić information content (AvgIpc) is 2.45. The maximum atomic E-state index is 6.12. The predicted octanol–water partition coefficient (Wildman–Crippen LogP) is 4.55. The number of halogens is 1. The van der Waals surface area contributed by atoms with Gasteiger partial charge in [0.2, 0.25) is 0 Å². The van der Waals surface area contributed by atoms with E-state index in [1.807, 2.05) is 30.5 Å². The minimum Gasteiger partial charge on any atom is -0.495 e. The third-order valence-corrected chi connectivity index (χ3v) is 4.06. The Morgan fingerprint density at radius 2 is 2.10 bits per heavy atom. The fraction of sp³-hybridized carbons (Fsp3) is 0.333. The van der Waals surface area contributed by atoms with Gasteiger partial charge in [-0.2, -0.15) is 0 Å².